The number of anilines is 1. The molecule has 2 aromatic carbocycles. The summed E-state index contributed by atoms with van der Waals surface area (Å²) < 4.78 is 68.3. The highest BCUT2D eigenvalue weighted by molar-refractivity contribution is 7.89. The van der Waals surface area contributed by atoms with Crippen molar-refractivity contribution in [3.05, 3.63) is 66.0 Å². The standard InChI is InChI=1S/C19H17F3N4O4S/c1-30-15-5-2-12(3-6-15)8-18(27)25-14-4-7-16(17(9-14)31(23,28)29)26-11-13(10-24-26)19(20,21)22/h2-7,9-11H,8H2,1H3,(H,25,27)(H2,23,28,29). The van der Waals surface area contributed by atoms with Gasteiger partial charge in [0.15, 0.2) is 0 Å². The minimum absolute atomic E-state index is 0.00452. The van der Waals surface area contributed by atoms with Gasteiger partial charge >= 0.3 is 6.18 Å². The van der Waals surface area contributed by atoms with Crippen LogP contribution in [0, 0.1) is 0 Å². The first-order valence-electron chi connectivity index (χ1n) is 8.69. The zero-order chi connectivity index (χ0) is 22.8. The summed E-state index contributed by atoms with van der Waals surface area (Å²) in [4.78, 5) is 11.8. The monoisotopic (exact) mass is 454 g/mol. The summed E-state index contributed by atoms with van der Waals surface area (Å²) in [5, 5.41) is 11.3. The van der Waals surface area contributed by atoms with Crippen molar-refractivity contribution >= 4 is 21.6 Å². The Bertz CT molecular complexity index is 1210. The predicted molar refractivity (Wildman–Crippen MR) is 105 cm³/mol. The van der Waals surface area contributed by atoms with E-state index in [-0.39, 0.29) is 17.8 Å². The number of amides is 1. The van der Waals surface area contributed by atoms with Crippen molar-refractivity contribution in [2.24, 2.45) is 5.14 Å². The minimum atomic E-state index is -4.64. The second kappa shape index (κ2) is 8.40. The van der Waals surface area contributed by atoms with Crippen LogP contribution in [0.1, 0.15) is 11.1 Å². The Balaban J connectivity index is 1.86. The largest absolute Gasteiger partial charge is 0.497 e. The molecule has 0 unspecified atom stereocenters. The highest BCUT2D eigenvalue weighted by Crippen LogP contribution is 2.30. The zero-order valence-corrected chi connectivity index (χ0v) is 16.9. The molecule has 8 nitrogen and oxygen atoms in total. The van der Waals surface area contributed by atoms with E-state index in [2.05, 4.69) is 10.4 Å². The number of aromatic nitrogens is 2. The van der Waals surface area contributed by atoms with E-state index in [9.17, 15) is 26.4 Å². The van der Waals surface area contributed by atoms with Crippen molar-refractivity contribution < 1.29 is 31.1 Å². The van der Waals surface area contributed by atoms with Gasteiger partial charge in [-0.1, -0.05) is 12.1 Å². The van der Waals surface area contributed by atoms with Gasteiger partial charge in [-0.2, -0.15) is 18.3 Å². The number of alkyl halides is 3. The summed E-state index contributed by atoms with van der Waals surface area (Å²) in [5.74, 6) is 0.196. The molecule has 3 rings (SSSR count). The first-order chi connectivity index (χ1) is 14.5. The quantitative estimate of drug-likeness (QED) is 0.594. The highest BCUT2D eigenvalue weighted by Gasteiger charge is 2.32. The lowest BCUT2D eigenvalue weighted by molar-refractivity contribution is -0.137. The Morgan fingerprint density at radius 2 is 1.87 bits per heavy atom. The number of benzene rings is 2. The van der Waals surface area contributed by atoms with Crippen molar-refractivity contribution in [1.29, 1.82) is 0 Å². The Hall–Kier alpha value is -3.38. The third-order valence-corrected chi connectivity index (χ3v) is 5.17. The van der Waals surface area contributed by atoms with Gasteiger partial charge in [0, 0.05) is 11.9 Å². The fourth-order valence-electron chi connectivity index (χ4n) is 2.74. The van der Waals surface area contributed by atoms with Gasteiger partial charge < -0.3 is 10.1 Å². The highest BCUT2D eigenvalue weighted by atomic mass is 32.2. The molecule has 1 heterocycles. The summed E-state index contributed by atoms with van der Waals surface area (Å²) in [6.45, 7) is 0. The number of carbonyl (C=O) groups excluding carboxylic acids is 1. The smallest absolute Gasteiger partial charge is 0.419 e. The molecule has 0 saturated heterocycles. The Morgan fingerprint density at radius 3 is 2.42 bits per heavy atom. The van der Waals surface area contributed by atoms with Gasteiger partial charge in [0.25, 0.3) is 0 Å². The molecule has 0 saturated carbocycles. The van der Waals surface area contributed by atoms with Crippen LogP contribution in [0.2, 0.25) is 0 Å². The van der Waals surface area contributed by atoms with E-state index in [1.54, 1.807) is 24.3 Å². The molecular weight excluding hydrogens is 437 g/mol. The summed E-state index contributed by atoms with van der Waals surface area (Å²) in [5.41, 5.74) is -0.441. The maximum absolute atomic E-state index is 12.8. The Kier molecular flexibility index (Phi) is 6.04. The molecule has 3 aromatic rings. The topological polar surface area (TPSA) is 116 Å². The molecule has 12 heteroatoms. The van der Waals surface area contributed by atoms with Crippen molar-refractivity contribution in [1.82, 2.24) is 9.78 Å². The van der Waals surface area contributed by atoms with E-state index in [1.807, 2.05) is 0 Å². The summed E-state index contributed by atoms with van der Waals surface area (Å²) in [6, 6.07) is 10.4. The van der Waals surface area contributed by atoms with Gasteiger partial charge in [-0.3, -0.25) is 4.79 Å². The Morgan fingerprint density at radius 1 is 1.19 bits per heavy atom. The number of hydrogen-bond donors (Lipinski definition) is 2. The van der Waals surface area contributed by atoms with Crippen LogP contribution in [0.4, 0.5) is 18.9 Å². The minimum Gasteiger partial charge on any atom is -0.497 e. The first-order valence-corrected chi connectivity index (χ1v) is 10.2. The molecule has 3 N–H and O–H groups in total. The molecule has 0 spiro atoms. The number of halogens is 3. The number of rotatable bonds is 6. The lowest BCUT2D eigenvalue weighted by Crippen LogP contribution is -2.18. The average Bonchev–Trinajstić information content (AvgIpc) is 3.18. The lowest BCUT2D eigenvalue weighted by Gasteiger charge is -2.12. The van der Waals surface area contributed by atoms with Crippen LogP contribution in [0.25, 0.3) is 5.69 Å². The molecule has 31 heavy (non-hydrogen) atoms. The number of primary sulfonamides is 1. The molecule has 0 bridgehead atoms. The van der Waals surface area contributed by atoms with E-state index in [0.29, 0.717) is 23.7 Å². The van der Waals surface area contributed by atoms with Crippen molar-refractivity contribution in [2.75, 3.05) is 12.4 Å². The zero-order valence-electron chi connectivity index (χ0n) is 16.1. The SMILES string of the molecule is COc1ccc(CC(=O)Nc2ccc(-n3cc(C(F)(F)F)cn3)c(S(N)(=O)=O)c2)cc1. The molecule has 164 valence electrons. The molecule has 0 aliphatic carbocycles. The van der Waals surface area contributed by atoms with E-state index >= 15 is 0 Å². The van der Waals surface area contributed by atoms with Gasteiger partial charge in [-0.05, 0) is 35.9 Å². The van der Waals surface area contributed by atoms with Gasteiger partial charge in [-0.15, -0.1) is 0 Å². The summed E-state index contributed by atoms with van der Waals surface area (Å²) in [6.07, 6.45) is -3.43. The third kappa shape index (κ3) is 5.41. The van der Waals surface area contributed by atoms with Gasteiger partial charge in [0.2, 0.25) is 15.9 Å². The summed E-state index contributed by atoms with van der Waals surface area (Å²) in [7, 11) is -2.82. The first kappa shape index (κ1) is 22.3. The number of methoxy groups -OCH3 is 1. The molecule has 0 fully saturated rings. The van der Waals surface area contributed by atoms with Crippen LogP contribution in [-0.4, -0.2) is 31.2 Å². The lowest BCUT2D eigenvalue weighted by atomic mass is 10.1. The van der Waals surface area contributed by atoms with Crippen molar-refractivity contribution in [3.8, 4) is 11.4 Å². The van der Waals surface area contributed by atoms with E-state index in [4.69, 9.17) is 9.88 Å². The number of nitrogens with one attached hydrogen (secondary N) is 1. The number of sulfonamides is 1. The maximum Gasteiger partial charge on any atom is 0.419 e. The van der Waals surface area contributed by atoms with Crippen LogP contribution < -0.4 is 15.2 Å². The normalized spacial score (nSPS) is 11.9. The van der Waals surface area contributed by atoms with Crippen LogP contribution in [0.3, 0.4) is 0 Å². The maximum atomic E-state index is 12.8. The van der Waals surface area contributed by atoms with Crippen LogP contribution >= 0.6 is 0 Å². The van der Waals surface area contributed by atoms with E-state index in [1.165, 1.54) is 19.2 Å². The summed E-state index contributed by atoms with van der Waals surface area (Å²) >= 11 is 0. The molecule has 0 radical (unpaired) electrons. The second-order valence-corrected chi connectivity index (χ2v) is 8.00. The second-order valence-electron chi connectivity index (χ2n) is 6.47. The predicted octanol–water partition coefficient (Wildman–Crippen LogP) is 2.73. The molecule has 0 atom stereocenters. The number of hydrogen-bond acceptors (Lipinski definition) is 5. The fraction of sp³-hybridized carbons (Fsp3) is 0.158. The molecule has 1 amide bonds. The fourth-order valence-corrected chi connectivity index (χ4v) is 3.49. The average molecular weight is 454 g/mol. The van der Waals surface area contributed by atoms with E-state index < -0.39 is 32.6 Å². The molecular formula is C19H17F3N4O4S. The van der Waals surface area contributed by atoms with Crippen molar-refractivity contribution in [2.45, 2.75) is 17.5 Å². The van der Waals surface area contributed by atoms with E-state index in [0.717, 1.165) is 10.7 Å². The van der Waals surface area contributed by atoms with Gasteiger partial charge in [0.05, 0.1) is 31.0 Å². The number of carbonyl (C=O) groups is 1. The third-order valence-electron chi connectivity index (χ3n) is 4.23. The van der Waals surface area contributed by atoms with Gasteiger partial charge in [0.1, 0.15) is 10.6 Å². The number of nitrogens with zero attached hydrogens (tertiary/aromatic N) is 2. The molecule has 1 aromatic heterocycles. The van der Waals surface area contributed by atoms with Crippen LogP contribution in [-0.2, 0) is 27.4 Å². The molecule has 0 aliphatic rings. The van der Waals surface area contributed by atoms with Gasteiger partial charge in [-0.25, -0.2) is 18.2 Å². The number of ether oxygens (including phenoxy) is 1. The number of nitrogens with two attached hydrogens (primary N) is 1. The molecule has 0 aliphatic heterocycles. The van der Waals surface area contributed by atoms with Crippen LogP contribution in [0.15, 0.2) is 59.8 Å². The Labute approximate surface area is 175 Å². The van der Waals surface area contributed by atoms with Crippen LogP contribution in [0.5, 0.6) is 5.75 Å². The van der Waals surface area contributed by atoms with Crippen molar-refractivity contribution in [3.63, 3.8) is 0 Å².